The zero-order valence-corrected chi connectivity index (χ0v) is 8.41. The van der Waals surface area contributed by atoms with Gasteiger partial charge < -0.3 is 5.32 Å². The lowest BCUT2D eigenvalue weighted by atomic mass is 10.1. The summed E-state index contributed by atoms with van der Waals surface area (Å²) < 4.78 is 0. The molecule has 1 nitrogen and oxygen atoms in total. The van der Waals surface area contributed by atoms with Crippen LogP contribution in [0.1, 0.15) is 20.3 Å². The predicted octanol–water partition coefficient (Wildman–Crippen LogP) is 1.99. The van der Waals surface area contributed by atoms with E-state index in [1.54, 1.807) is 0 Å². The Balaban J connectivity index is 1.94. The molecule has 1 saturated heterocycles. The average molecular weight is 173 g/mol. The Labute approximate surface area is 74.3 Å². The summed E-state index contributed by atoms with van der Waals surface area (Å²) in [6.07, 6.45) is 1.43. The van der Waals surface area contributed by atoms with Crippen molar-refractivity contribution in [3.8, 4) is 0 Å². The van der Waals surface area contributed by atoms with E-state index in [0.29, 0.717) is 0 Å². The van der Waals surface area contributed by atoms with E-state index in [2.05, 4.69) is 30.9 Å². The number of hydrogen-bond donors (Lipinski definition) is 1. The molecule has 1 rings (SSSR count). The van der Waals surface area contributed by atoms with Crippen molar-refractivity contribution in [1.29, 1.82) is 0 Å². The number of nitrogens with one attached hydrogen (secondary N) is 1. The molecule has 1 fully saturated rings. The van der Waals surface area contributed by atoms with E-state index in [0.717, 1.165) is 11.8 Å². The molecule has 1 atom stereocenters. The van der Waals surface area contributed by atoms with E-state index in [-0.39, 0.29) is 0 Å². The number of thioether (sulfide) groups is 1. The SMILES string of the molecule is CC(C)CNCC1CCSC1. The van der Waals surface area contributed by atoms with Gasteiger partial charge >= 0.3 is 0 Å². The first-order valence-electron chi connectivity index (χ1n) is 4.57. The summed E-state index contributed by atoms with van der Waals surface area (Å²) in [5.41, 5.74) is 0. The first-order valence-corrected chi connectivity index (χ1v) is 5.73. The minimum Gasteiger partial charge on any atom is -0.316 e. The van der Waals surface area contributed by atoms with Crippen LogP contribution in [-0.4, -0.2) is 24.6 Å². The zero-order valence-electron chi connectivity index (χ0n) is 7.60. The fourth-order valence-corrected chi connectivity index (χ4v) is 2.60. The lowest BCUT2D eigenvalue weighted by Gasteiger charge is -2.11. The minimum absolute atomic E-state index is 0.795. The molecule has 0 aliphatic carbocycles. The van der Waals surface area contributed by atoms with Crippen molar-refractivity contribution in [2.24, 2.45) is 11.8 Å². The number of rotatable bonds is 4. The molecule has 2 heteroatoms. The standard InChI is InChI=1S/C9H19NS/c1-8(2)5-10-6-9-3-4-11-7-9/h8-10H,3-7H2,1-2H3. The van der Waals surface area contributed by atoms with Gasteiger partial charge in [0.1, 0.15) is 0 Å². The van der Waals surface area contributed by atoms with Crippen molar-refractivity contribution in [3.05, 3.63) is 0 Å². The normalized spacial score (nSPS) is 24.8. The van der Waals surface area contributed by atoms with Crippen molar-refractivity contribution in [2.45, 2.75) is 20.3 Å². The fraction of sp³-hybridized carbons (Fsp3) is 1.00. The van der Waals surface area contributed by atoms with Crippen LogP contribution in [0.2, 0.25) is 0 Å². The van der Waals surface area contributed by atoms with Gasteiger partial charge in [0.15, 0.2) is 0 Å². The predicted molar refractivity (Wildman–Crippen MR) is 53.1 cm³/mol. The van der Waals surface area contributed by atoms with Crippen LogP contribution in [0, 0.1) is 11.8 Å². The van der Waals surface area contributed by atoms with Crippen molar-refractivity contribution >= 4 is 11.8 Å². The topological polar surface area (TPSA) is 12.0 Å². The molecule has 0 saturated carbocycles. The second-order valence-electron chi connectivity index (χ2n) is 3.78. The van der Waals surface area contributed by atoms with Crippen molar-refractivity contribution in [2.75, 3.05) is 24.6 Å². The molecule has 11 heavy (non-hydrogen) atoms. The fourth-order valence-electron chi connectivity index (χ4n) is 1.32. The van der Waals surface area contributed by atoms with Crippen LogP contribution < -0.4 is 5.32 Å². The van der Waals surface area contributed by atoms with Gasteiger partial charge in [-0.25, -0.2) is 0 Å². The molecule has 0 radical (unpaired) electrons. The quantitative estimate of drug-likeness (QED) is 0.698. The molecule has 0 amide bonds. The third-order valence-electron chi connectivity index (χ3n) is 2.01. The van der Waals surface area contributed by atoms with Crippen molar-refractivity contribution in [3.63, 3.8) is 0 Å². The smallest absolute Gasteiger partial charge is 0.00122 e. The Morgan fingerprint density at radius 1 is 1.55 bits per heavy atom. The maximum Gasteiger partial charge on any atom is -0.00122 e. The van der Waals surface area contributed by atoms with Gasteiger partial charge in [-0.3, -0.25) is 0 Å². The number of hydrogen-bond acceptors (Lipinski definition) is 2. The van der Waals surface area contributed by atoms with E-state index in [1.165, 1.54) is 31.0 Å². The third kappa shape index (κ3) is 4.02. The molecule has 66 valence electrons. The van der Waals surface area contributed by atoms with Gasteiger partial charge in [0.05, 0.1) is 0 Å². The summed E-state index contributed by atoms with van der Waals surface area (Å²) in [4.78, 5) is 0. The van der Waals surface area contributed by atoms with Crippen LogP contribution in [0.25, 0.3) is 0 Å². The maximum absolute atomic E-state index is 3.51. The Bertz CT molecular complexity index is 97.7. The second kappa shape index (κ2) is 5.04. The van der Waals surface area contributed by atoms with Crippen LogP contribution in [0.5, 0.6) is 0 Å². The second-order valence-corrected chi connectivity index (χ2v) is 4.93. The Hall–Kier alpha value is 0.310. The van der Waals surface area contributed by atoms with Crippen LogP contribution in [0.15, 0.2) is 0 Å². The van der Waals surface area contributed by atoms with Crippen LogP contribution in [0.3, 0.4) is 0 Å². The van der Waals surface area contributed by atoms with Crippen LogP contribution in [0.4, 0.5) is 0 Å². The summed E-state index contributed by atoms with van der Waals surface area (Å²) in [5, 5.41) is 3.51. The highest BCUT2D eigenvalue weighted by Crippen LogP contribution is 2.22. The van der Waals surface area contributed by atoms with E-state index in [4.69, 9.17) is 0 Å². The van der Waals surface area contributed by atoms with Gasteiger partial charge in [-0.2, -0.15) is 11.8 Å². The van der Waals surface area contributed by atoms with E-state index < -0.39 is 0 Å². The van der Waals surface area contributed by atoms with Gasteiger partial charge in [0.2, 0.25) is 0 Å². The monoisotopic (exact) mass is 173 g/mol. The van der Waals surface area contributed by atoms with Crippen molar-refractivity contribution in [1.82, 2.24) is 5.32 Å². The maximum atomic E-state index is 3.51. The first-order chi connectivity index (χ1) is 5.29. The lowest BCUT2D eigenvalue weighted by molar-refractivity contribution is 0.481. The van der Waals surface area contributed by atoms with E-state index in [1.807, 2.05) is 0 Å². The van der Waals surface area contributed by atoms with Gasteiger partial charge in [-0.15, -0.1) is 0 Å². The molecular weight excluding hydrogens is 154 g/mol. The molecular formula is C9H19NS. The molecule has 1 unspecified atom stereocenters. The van der Waals surface area contributed by atoms with Crippen molar-refractivity contribution < 1.29 is 0 Å². The van der Waals surface area contributed by atoms with E-state index >= 15 is 0 Å². The first kappa shape index (κ1) is 9.40. The summed E-state index contributed by atoms with van der Waals surface area (Å²) in [7, 11) is 0. The third-order valence-corrected chi connectivity index (χ3v) is 3.24. The van der Waals surface area contributed by atoms with Crippen LogP contribution in [-0.2, 0) is 0 Å². The molecule has 1 heterocycles. The molecule has 1 aliphatic heterocycles. The Morgan fingerprint density at radius 3 is 2.91 bits per heavy atom. The summed E-state index contributed by atoms with van der Waals surface area (Å²) in [6, 6.07) is 0. The molecule has 0 bridgehead atoms. The molecule has 0 aromatic rings. The van der Waals surface area contributed by atoms with Gasteiger partial charge in [0, 0.05) is 0 Å². The summed E-state index contributed by atoms with van der Waals surface area (Å²) in [6.45, 7) is 6.94. The Morgan fingerprint density at radius 2 is 2.36 bits per heavy atom. The summed E-state index contributed by atoms with van der Waals surface area (Å²) in [5.74, 6) is 4.52. The van der Waals surface area contributed by atoms with Gasteiger partial charge in [-0.05, 0) is 42.9 Å². The average Bonchev–Trinajstić information content (AvgIpc) is 2.39. The largest absolute Gasteiger partial charge is 0.316 e. The lowest BCUT2D eigenvalue weighted by Crippen LogP contribution is -2.26. The highest BCUT2D eigenvalue weighted by Gasteiger charge is 2.14. The molecule has 1 N–H and O–H groups in total. The molecule has 0 aromatic carbocycles. The van der Waals surface area contributed by atoms with Gasteiger partial charge in [0.25, 0.3) is 0 Å². The van der Waals surface area contributed by atoms with Gasteiger partial charge in [-0.1, -0.05) is 13.8 Å². The minimum atomic E-state index is 0.795. The molecule has 0 aromatic heterocycles. The van der Waals surface area contributed by atoms with Crippen LogP contribution >= 0.6 is 11.8 Å². The Kier molecular flexibility index (Phi) is 4.31. The van der Waals surface area contributed by atoms with E-state index in [9.17, 15) is 0 Å². The molecule has 1 aliphatic rings. The molecule has 0 spiro atoms. The highest BCUT2D eigenvalue weighted by molar-refractivity contribution is 7.99. The summed E-state index contributed by atoms with van der Waals surface area (Å²) >= 11 is 2.10. The highest BCUT2D eigenvalue weighted by atomic mass is 32.2. The zero-order chi connectivity index (χ0) is 8.10.